The summed E-state index contributed by atoms with van der Waals surface area (Å²) in [6.45, 7) is 1.92. The number of carbonyl (C=O) groups excluding carboxylic acids is 1. The lowest BCUT2D eigenvalue weighted by Crippen LogP contribution is -2.41. The second kappa shape index (κ2) is 6.76. The molecule has 1 aromatic carbocycles. The SMILES string of the molecule is O=C(Cc1ccccc1Cl)NC1CCCCNC1. The van der Waals surface area contributed by atoms with Crippen LogP contribution in [0.4, 0.5) is 0 Å². The minimum atomic E-state index is 0.0526. The average molecular weight is 267 g/mol. The third-order valence-electron chi connectivity index (χ3n) is 3.22. The molecule has 1 saturated heterocycles. The van der Waals surface area contributed by atoms with Gasteiger partial charge >= 0.3 is 0 Å². The van der Waals surface area contributed by atoms with E-state index >= 15 is 0 Å². The van der Waals surface area contributed by atoms with Crippen LogP contribution >= 0.6 is 11.6 Å². The van der Waals surface area contributed by atoms with Gasteiger partial charge in [0.1, 0.15) is 0 Å². The van der Waals surface area contributed by atoms with E-state index < -0.39 is 0 Å². The van der Waals surface area contributed by atoms with Gasteiger partial charge in [0.05, 0.1) is 6.42 Å². The number of carbonyl (C=O) groups is 1. The Kier molecular flexibility index (Phi) is 5.02. The molecular weight excluding hydrogens is 248 g/mol. The zero-order chi connectivity index (χ0) is 12.8. The Labute approximate surface area is 113 Å². The fourth-order valence-electron chi connectivity index (χ4n) is 2.24. The van der Waals surface area contributed by atoms with Crippen molar-refractivity contribution in [3.8, 4) is 0 Å². The summed E-state index contributed by atoms with van der Waals surface area (Å²) in [4.78, 5) is 11.9. The van der Waals surface area contributed by atoms with Crippen LogP contribution in [0, 0.1) is 0 Å². The number of hydrogen-bond donors (Lipinski definition) is 2. The molecule has 0 radical (unpaired) electrons. The van der Waals surface area contributed by atoms with E-state index in [0.29, 0.717) is 11.4 Å². The third-order valence-corrected chi connectivity index (χ3v) is 3.59. The Morgan fingerprint density at radius 1 is 1.39 bits per heavy atom. The number of nitrogens with one attached hydrogen (secondary N) is 2. The smallest absolute Gasteiger partial charge is 0.224 e. The monoisotopic (exact) mass is 266 g/mol. The fourth-order valence-corrected chi connectivity index (χ4v) is 2.44. The van der Waals surface area contributed by atoms with E-state index in [1.165, 1.54) is 12.8 Å². The molecule has 2 N–H and O–H groups in total. The number of halogens is 1. The third kappa shape index (κ3) is 4.00. The van der Waals surface area contributed by atoms with Crippen LogP contribution < -0.4 is 10.6 Å². The van der Waals surface area contributed by atoms with Crippen molar-refractivity contribution in [1.82, 2.24) is 10.6 Å². The summed E-state index contributed by atoms with van der Waals surface area (Å²) in [6.07, 6.45) is 3.78. The average Bonchev–Trinajstić information content (AvgIpc) is 2.61. The molecule has 4 heteroatoms. The highest BCUT2D eigenvalue weighted by atomic mass is 35.5. The van der Waals surface area contributed by atoms with Crippen molar-refractivity contribution < 1.29 is 4.79 Å². The maximum atomic E-state index is 11.9. The zero-order valence-electron chi connectivity index (χ0n) is 10.4. The molecule has 0 saturated carbocycles. The van der Waals surface area contributed by atoms with E-state index in [1.54, 1.807) is 0 Å². The minimum absolute atomic E-state index is 0.0526. The molecule has 0 aromatic heterocycles. The molecule has 0 aliphatic carbocycles. The molecule has 98 valence electrons. The van der Waals surface area contributed by atoms with Gasteiger partial charge in [-0.25, -0.2) is 0 Å². The highest BCUT2D eigenvalue weighted by molar-refractivity contribution is 6.31. The van der Waals surface area contributed by atoms with Crippen molar-refractivity contribution in [2.24, 2.45) is 0 Å². The Balaban J connectivity index is 1.86. The van der Waals surface area contributed by atoms with Gasteiger partial charge < -0.3 is 10.6 Å². The van der Waals surface area contributed by atoms with Gasteiger partial charge in [-0.3, -0.25) is 4.79 Å². The molecule has 0 spiro atoms. The molecule has 1 unspecified atom stereocenters. The van der Waals surface area contributed by atoms with Crippen molar-refractivity contribution in [1.29, 1.82) is 0 Å². The first-order chi connectivity index (χ1) is 8.75. The normalized spacial score (nSPS) is 20.2. The van der Waals surface area contributed by atoms with Crippen molar-refractivity contribution >= 4 is 17.5 Å². The predicted octanol–water partition coefficient (Wildman–Crippen LogP) is 2.14. The molecule has 2 rings (SSSR count). The predicted molar refractivity (Wildman–Crippen MR) is 73.8 cm³/mol. The topological polar surface area (TPSA) is 41.1 Å². The quantitative estimate of drug-likeness (QED) is 0.880. The Hall–Kier alpha value is -1.06. The summed E-state index contributed by atoms with van der Waals surface area (Å²) in [5, 5.41) is 7.07. The zero-order valence-corrected chi connectivity index (χ0v) is 11.2. The van der Waals surface area contributed by atoms with Gasteiger partial charge in [0, 0.05) is 17.6 Å². The summed E-state index contributed by atoms with van der Waals surface area (Å²) in [5.74, 6) is 0.0526. The van der Waals surface area contributed by atoms with Crippen molar-refractivity contribution in [2.75, 3.05) is 13.1 Å². The maximum absolute atomic E-state index is 11.9. The van der Waals surface area contributed by atoms with Gasteiger partial charge in [-0.1, -0.05) is 36.2 Å². The fraction of sp³-hybridized carbons (Fsp3) is 0.500. The van der Waals surface area contributed by atoms with E-state index in [0.717, 1.165) is 25.1 Å². The molecule has 3 nitrogen and oxygen atoms in total. The van der Waals surface area contributed by atoms with Crippen LogP contribution in [0.25, 0.3) is 0 Å². The molecule has 1 aliphatic rings. The number of hydrogen-bond acceptors (Lipinski definition) is 2. The van der Waals surface area contributed by atoms with Crippen LogP contribution in [0.3, 0.4) is 0 Å². The molecule has 0 bridgehead atoms. The maximum Gasteiger partial charge on any atom is 0.224 e. The summed E-state index contributed by atoms with van der Waals surface area (Å²) in [6, 6.07) is 7.74. The Morgan fingerprint density at radius 3 is 3.06 bits per heavy atom. The van der Waals surface area contributed by atoms with Crippen LogP contribution in [-0.2, 0) is 11.2 Å². The van der Waals surface area contributed by atoms with Crippen molar-refractivity contribution in [3.05, 3.63) is 34.9 Å². The molecular formula is C14H19ClN2O. The lowest BCUT2D eigenvalue weighted by Gasteiger charge is -2.16. The van der Waals surface area contributed by atoms with E-state index in [9.17, 15) is 4.79 Å². The summed E-state index contributed by atoms with van der Waals surface area (Å²) in [5.41, 5.74) is 0.887. The molecule has 1 aromatic rings. The number of rotatable bonds is 3. The Morgan fingerprint density at radius 2 is 2.22 bits per heavy atom. The summed E-state index contributed by atoms with van der Waals surface area (Å²) in [7, 11) is 0. The van der Waals surface area contributed by atoms with Crippen LogP contribution in [0.15, 0.2) is 24.3 Å². The molecule has 18 heavy (non-hydrogen) atoms. The lowest BCUT2D eigenvalue weighted by molar-refractivity contribution is -0.121. The van der Waals surface area contributed by atoms with E-state index in [1.807, 2.05) is 24.3 Å². The Bertz CT molecular complexity index is 401. The minimum Gasteiger partial charge on any atom is -0.352 e. The highest BCUT2D eigenvalue weighted by Gasteiger charge is 2.15. The van der Waals surface area contributed by atoms with Crippen LogP contribution in [-0.4, -0.2) is 25.0 Å². The van der Waals surface area contributed by atoms with Crippen molar-refractivity contribution in [2.45, 2.75) is 31.7 Å². The largest absolute Gasteiger partial charge is 0.352 e. The molecule has 1 aliphatic heterocycles. The number of amides is 1. The van der Waals surface area contributed by atoms with Crippen LogP contribution in [0.1, 0.15) is 24.8 Å². The number of benzene rings is 1. The van der Waals surface area contributed by atoms with Gasteiger partial charge in [0.15, 0.2) is 0 Å². The van der Waals surface area contributed by atoms with Gasteiger partial charge in [0.25, 0.3) is 0 Å². The van der Waals surface area contributed by atoms with Crippen LogP contribution in [0.5, 0.6) is 0 Å². The summed E-state index contributed by atoms with van der Waals surface area (Å²) >= 11 is 6.04. The standard InChI is InChI=1S/C14H19ClN2O/c15-13-7-2-1-5-11(13)9-14(18)17-12-6-3-4-8-16-10-12/h1-2,5,7,12,16H,3-4,6,8-10H2,(H,17,18). The molecule has 1 atom stereocenters. The molecule has 1 heterocycles. The van der Waals surface area contributed by atoms with Gasteiger partial charge in [-0.2, -0.15) is 0 Å². The molecule has 1 fully saturated rings. The first-order valence-corrected chi connectivity index (χ1v) is 6.87. The lowest BCUT2D eigenvalue weighted by atomic mass is 10.1. The second-order valence-corrected chi connectivity index (χ2v) is 5.14. The summed E-state index contributed by atoms with van der Waals surface area (Å²) < 4.78 is 0. The van der Waals surface area contributed by atoms with Crippen molar-refractivity contribution in [3.63, 3.8) is 0 Å². The van der Waals surface area contributed by atoms with Gasteiger partial charge in [0.2, 0.25) is 5.91 Å². The van der Waals surface area contributed by atoms with Gasteiger partial charge in [-0.05, 0) is 31.0 Å². The van der Waals surface area contributed by atoms with Gasteiger partial charge in [-0.15, -0.1) is 0 Å². The first-order valence-electron chi connectivity index (χ1n) is 6.49. The van der Waals surface area contributed by atoms with E-state index in [2.05, 4.69) is 10.6 Å². The highest BCUT2D eigenvalue weighted by Crippen LogP contribution is 2.15. The van der Waals surface area contributed by atoms with Crippen LogP contribution in [0.2, 0.25) is 5.02 Å². The van der Waals surface area contributed by atoms with E-state index in [-0.39, 0.29) is 11.9 Å². The van der Waals surface area contributed by atoms with E-state index in [4.69, 9.17) is 11.6 Å². The second-order valence-electron chi connectivity index (χ2n) is 4.73. The first kappa shape index (κ1) is 13.4. The molecule has 1 amide bonds.